The van der Waals surface area contributed by atoms with E-state index in [2.05, 4.69) is 14.1 Å². The predicted molar refractivity (Wildman–Crippen MR) is 132 cm³/mol. The summed E-state index contributed by atoms with van der Waals surface area (Å²) in [7, 11) is 0. The van der Waals surface area contributed by atoms with Crippen LogP contribution in [0.2, 0.25) is 0 Å². The fourth-order valence-electron chi connectivity index (χ4n) is 3.27. The molecule has 7 nitrogen and oxygen atoms in total. The number of halogens is 1. The fraction of sp³-hybridized carbons (Fsp3) is 0.0870. The number of nitrogens with zero attached hydrogens (tertiary/aromatic N) is 3. The molecular weight excluding hydrogens is 480 g/mol. The molecule has 33 heavy (non-hydrogen) atoms. The molecule has 0 fully saturated rings. The van der Waals surface area contributed by atoms with E-state index < -0.39 is 17.2 Å². The minimum absolute atomic E-state index is 0.172. The lowest BCUT2D eigenvalue weighted by Crippen LogP contribution is -2.25. The highest BCUT2D eigenvalue weighted by molar-refractivity contribution is 7.81. The second-order valence-corrected chi connectivity index (χ2v) is 8.65. The van der Waals surface area contributed by atoms with Gasteiger partial charge in [-0.25, -0.2) is 8.51 Å². The van der Waals surface area contributed by atoms with E-state index in [4.69, 9.17) is 11.6 Å². The maximum Gasteiger partial charge on any atom is 0.268 e. The van der Waals surface area contributed by atoms with Gasteiger partial charge in [0.25, 0.3) is 17.2 Å². The van der Waals surface area contributed by atoms with Gasteiger partial charge in [-0.05, 0) is 35.4 Å². The number of carbonyl (C=O) groups excluding carboxylic acids is 1. The van der Waals surface area contributed by atoms with Crippen molar-refractivity contribution in [3.05, 3.63) is 101 Å². The largest absolute Gasteiger partial charge is 0.322 e. The molecule has 1 atom stereocenters. The van der Waals surface area contributed by atoms with Crippen LogP contribution in [0, 0.1) is 0 Å². The van der Waals surface area contributed by atoms with E-state index in [9.17, 15) is 13.6 Å². The predicted octanol–water partition coefficient (Wildman–Crippen LogP) is 5.39. The first-order valence-corrected chi connectivity index (χ1v) is 12.2. The SMILES string of the molecule is O=C(Nc1ccccc1)c1ccc(CCl)cc1N(c1nsnc1Cc1ccccc1)S(=O)O. The molecule has 1 amide bonds. The van der Waals surface area contributed by atoms with Crippen LogP contribution in [0.25, 0.3) is 0 Å². The third-order valence-electron chi connectivity index (χ3n) is 4.81. The average Bonchev–Trinajstić information content (AvgIpc) is 3.27. The molecule has 0 saturated heterocycles. The van der Waals surface area contributed by atoms with Crippen LogP contribution in [0.4, 0.5) is 17.2 Å². The van der Waals surface area contributed by atoms with Crippen molar-refractivity contribution in [2.24, 2.45) is 0 Å². The average molecular weight is 499 g/mol. The molecule has 0 aliphatic carbocycles. The number of aromatic nitrogens is 2. The number of hydrogen-bond donors (Lipinski definition) is 2. The smallest absolute Gasteiger partial charge is 0.268 e. The van der Waals surface area contributed by atoms with Gasteiger partial charge in [0, 0.05) is 18.0 Å². The lowest BCUT2D eigenvalue weighted by molar-refractivity contribution is 0.102. The quantitative estimate of drug-likeness (QED) is 0.250. The Bertz CT molecular complexity index is 1270. The Hall–Kier alpha value is -3.11. The van der Waals surface area contributed by atoms with Gasteiger partial charge < -0.3 is 5.32 Å². The van der Waals surface area contributed by atoms with Gasteiger partial charge in [-0.2, -0.15) is 8.75 Å². The second-order valence-electron chi connectivity index (χ2n) is 7.03. The van der Waals surface area contributed by atoms with E-state index in [0.29, 0.717) is 23.4 Å². The molecule has 0 aliphatic heterocycles. The van der Waals surface area contributed by atoms with Gasteiger partial charge in [0.05, 0.1) is 23.0 Å². The van der Waals surface area contributed by atoms with E-state index in [1.807, 2.05) is 36.4 Å². The van der Waals surface area contributed by atoms with Crippen LogP contribution in [0.5, 0.6) is 0 Å². The van der Waals surface area contributed by atoms with Crippen molar-refractivity contribution in [3.63, 3.8) is 0 Å². The zero-order valence-electron chi connectivity index (χ0n) is 17.2. The highest BCUT2D eigenvalue weighted by Crippen LogP contribution is 2.34. The molecule has 2 N–H and O–H groups in total. The molecule has 0 aliphatic rings. The summed E-state index contributed by atoms with van der Waals surface area (Å²) in [6, 6.07) is 23.5. The highest BCUT2D eigenvalue weighted by atomic mass is 35.5. The van der Waals surface area contributed by atoms with Crippen molar-refractivity contribution in [1.82, 2.24) is 8.75 Å². The molecule has 4 aromatic rings. The Morgan fingerprint density at radius 2 is 1.70 bits per heavy atom. The molecule has 0 saturated carbocycles. The monoisotopic (exact) mass is 498 g/mol. The molecule has 168 valence electrons. The van der Waals surface area contributed by atoms with Crippen LogP contribution in [0.3, 0.4) is 0 Å². The maximum absolute atomic E-state index is 13.1. The van der Waals surface area contributed by atoms with Crippen LogP contribution >= 0.6 is 23.3 Å². The molecule has 4 rings (SSSR count). The Kier molecular flexibility index (Phi) is 7.46. The molecule has 1 heterocycles. The van der Waals surface area contributed by atoms with Crippen molar-refractivity contribution in [3.8, 4) is 0 Å². The first-order chi connectivity index (χ1) is 16.1. The first-order valence-electron chi connectivity index (χ1n) is 9.88. The third-order valence-corrected chi connectivity index (χ3v) is 6.36. The molecule has 1 aromatic heterocycles. The van der Waals surface area contributed by atoms with Gasteiger partial charge in [0.15, 0.2) is 5.82 Å². The summed E-state index contributed by atoms with van der Waals surface area (Å²) in [4.78, 5) is 13.1. The maximum atomic E-state index is 13.1. The summed E-state index contributed by atoms with van der Waals surface area (Å²) < 4.78 is 32.5. The van der Waals surface area contributed by atoms with Gasteiger partial charge in [-0.3, -0.25) is 9.35 Å². The molecule has 0 radical (unpaired) electrons. The van der Waals surface area contributed by atoms with Crippen molar-refractivity contribution in [1.29, 1.82) is 0 Å². The highest BCUT2D eigenvalue weighted by Gasteiger charge is 2.27. The van der Waals surface area contributed by atoms with E-state index >= 15 is 0 Å². The number of alkyl halides is 1. The Labute approximate surface area is 202 Å². The van der Waals surface area contributed by atoms with E-state index in [0.717, 1.165) is 21.6 Å². The molecule has 10 heteroatoms. The number of hydrogen-bond acceptors (Lipinski definition) is 5. The number of anilines is 3. The summed E-state index contributed by atoms with van der Waals surface area (Å²) in [5, 5.41) is 2.82. The minimum atomic E-state index is -2.52. The number of nitrogens with one attached hydrogen (secondary N) is 1. The minimum Gasteiger partial charge on any atom is -0.322 e. The topological polar surface area (TPSA) is 95.4 Å². The Morgan fingerprint density at radius 1 is 1.00 bits per heavy atom. The summed E-state index contributed by atoms with van der Waals surface area (Å²) in [6.45, 7) is 0. The second kappa shape index (κ2) is 10.7. The molecule has 1 unspecified atom stereocenters. The molecule has 0 spiro atoms. The Morgan fingerprint density at radius 3 is 2.36 bits per heavy atom. The Balaban J connectivity index is 1.76. The number of benzene rings is 3. The molecular formula is C23H19ClN4O3S2. The van der Waals surface area contributed by atoms with E-state index in [-0.39, 0.29) is 22.9 Å². The zero-order valence-corrected chi connectivity index (χ0v) is 19.6. The van der Waals surface area contributed by atoms with Gasteiger partial charge in [-0.15, -0.1) is 11.6 Å². The van der Waals surface area contributed by atoms with Crippen LogP contribution in [-0.2, 0) is 23.6 Å². The van der Waals surface area contributed by atoms with Crippen molar-refractivity contribution >= 4 is 57.7 Å². The number of carbonyl (C=O) groups is 1. The summed E-state index contributed by atoms with van der Waals surface area (Å²) in [5.74, 6) is -0.0446. The fourth-order valence-corrected chi connectivity index (χ4v) is 4.65. The summed E-state index contributed by atoms with van der Waals surface area (Å²) >= 11 is 4.44. The normalized spacial score (nSPS) is 11.7. The lowest BCUT2D eigenvalue weighted by atomic mass is 10.1. The zero-order chi connectivity index (χ0) is 23.2. The van der Waals surface area contributed by atoms with Crippen molar-refractivity contribution in [2.45, 2.75) is 12.3 Å². The number of amides is 1. The van der Waals surface area contributed by atoms with E-state index in [1.54, 1.807) is 42.5 Å². The van der Waals surface area contributed by atoms with Crippen LogP contribution in [0.15, 0.2) is 78.9 Å². The number of para-hydroxylation sites is 1. The van der Waals surface area contributed by atoms with Crippen molar-refractivity contribution in [2.75, 3.05) is 9.62 Å². The van der Waals surface area contributed by atoms with E-state index in [1.165, 1.54) is 0 Å². The van der Waals surface area contributed by atoms with Gasteiger partial charge in [-0.1, -0.05) is 54.6 Å². The molecule has 0 bridgehead atoms. The number of rotatable bonds is 8. The summed E-state index contributed by atoms with van der Waals surface area (Å²) in [6.07, 6.45) is 0.418. The first kappa shape index (κ1) is 23.1. The summed E-state index contributed by atoms with van der Waals surface area (Å²) in [5.41, 5.74) is 3.21. The third kappa shape index (κ3) is 5.45. The standard InChI is InChI=1S/C23H19ClN4O3S2/c24-15-17-11-12-19(23(29)25-18-9-5-2-6-10-18)21(14-17)28(33(30)31)22-20(26-32-27-22)13-16-7-3-1-4-8-16/h1-12,14H,13,15H2,(H,25,29)(H,30,31). The lowest BCUT2D eigenvalue weighted by Gasteiger charge is -2.22. The van der Waals surface area contributed by atoms with Crippen LogP contribution < -0.4 is 9.62 Å². The van der Waals surface area contributed by atoms with Crippen LogP contribution in [-0.4, -0.2) is 23.4 Å². The molecule has 3 aromatic carbocycles. The van der Waals surface area contributed by atoms with Crippen LogP contribution in [0.1, 0.15) is 27.2 Å². The van der Waals surface area contributed by atoms with Gasteiger partial charge >= 0.3 is 0 Å². The van der Waals surface area contributed by atoms with Crippen molar-refractivity contribution < 1.29 is 13.6 Å². The van der Waals surface area contributed by atoms with Gasteiger partial charge in [0.2, 0.25) is 0 Å². The van der Waals surface area contributed by atoms with Gasteiger partial charge in [0.1, 0.15) is 5.69 Å².